The van der Waals surface area contributed by atoms with E-state index in [4.69, 9.17) is 15.3 Å². The van der Waals surface area contributed by atoms with E-state index in [9.17, 15) is 9.59 Å². The molecule has 4 rings (SSSR count). The smallest absolute Gasteiger partial charge is 0.335 e. The van der Waals surface area contributed by atoms with Crippen molar-refractivity contribution in [3.05, 3.63) is 109 Å². The van der Waals surface area contributed by atoms with Crippen LogP contribution in [0.15, 0.2) is 97.6 Å². The number of benzene rings is 2. The second kappa shape index (κ2) is 13.3. The molecule has 0 amide bonds. The van der Waals surface area contributed by atoms with Gasteiger partial charge in [-0.15, -0.1) is 0 Å². The third kappa shape index (κ3) is 6.80. The molecule has 9 heteroatoms. The van der Waals surface area contributed by atoms with Crippen LogP contribution < -0.4 is 43.1 Å². The van der Waals surface area contributed by atoms with E-state index in [1.165, 1.54) is 0 Å². The summed E-state index contributed by atoms with van der Waals surface area (Å²) in [5.74, 6) is -1.89. The fraction of sp³-hybridized carbons (Fsp3) is 0.0400. The molecule has 0 aliphatic rings. The number of aliphatic hydroxyl groups excluding tert-OH is 1. The van der Waals surface area contributed by atoms with Crippen LogP contribution in [0, 0.1) is 0 Å². The van der Waals surface area contributed by atoms with E-state index in [0.717, 1.165) is 29.6 Å². The monoisotopic (exact) mass is 588 g/mol. The highest BCUT2D eigenvalue weighted by molar-refractivity contribution is 5.88. The van der Waals surface area contributed by atoms with Crippen LogP contribution in [0.5, 0.6) is 0 Å². The SMILES string of the molecule is CO.O=C(O)c1ccc(-[n+]2ccc(-c3cc[n+](-c4ccc(C(=O)O)cc4)cc3)cc2)cc1.[Br-].[Br-]. The van der Waals surface area contributed by atoms with Crippen LogP contribution in [0.4, 0.5) is 0 Å². The normalized spacial score (nSPS) is 9.47. The van der Waals surface area contributed by atoms with Crippen LogP contribution in [0.1, 0.15) is 20.7 Å². The highest BCUT2D eigenvalue weighted by Crippen LogP contribution is 2.17. The summed E-state index contributed by atoms with van der Waals surface area (Å²) >= 11 is 0. The molecular weight excluding hydrogens is 568 g/mol. The summed E-state index contributed by atoms with van der Waals surface area (Å²) in [6.45, 7) is 0. The maximum atomic E-state index is 11.0. The third-order valence-corrected chi connectivity index (χ3v) is 4.82. The Morgan fingerprint density at radius 3 is 1.03 bits per heavy atom. The minimum absolute atomic E-state index is 0. The lowest BCUT2D eigenvalue weighted by molar-refractivity contribution is -0.596. The molecule has 0 saturated heterocycles. The summed E-state index contributed by atoms with van der Waals surface area (Å²) in [6, 6.07) is 21.4. The number of pyridine rings is 2. The fourth-order valence-corrected chi connectivity index (χ4v) is 3.13. The summed E-state index contributed by atoms with van der Waals surface area (Å²) in [5, 5.41) is 25.0. The summed E-state index contributed by atoms with van der Waals surface area (Å²) in [4.78, 5) is 21.9. The minimum atomic E-state index is -0.943. The van der Waals surface area contributed by atoms with Crippen LogP contribution in [-0.2, 0) is 0 Å². The first-order valence-corrected chi connectivity index (χ1v) is 9.66. The van der Waals surface area contributed by atoms with Gasteiger partial charge in [-0.05, 0) is 35.4 Å². The van der Waals surface area contributed by atoms with E-state index in [-0.39, 0.29) is 45.1 Å². The molecule has 0 radical (unpaired) electrons. The number of nitrogens with zero attached hydrogens (tertiary/aromatic N) is 2. The molecule has 0 spiro atoms. The molecule has 176 valence electrons. The van der Waals surface area contributed by atoms with Crippen molar-refractivity contribution in [2.75, 3.05) is 7.11 Å². The predicted octanol–water partition coefficient (Wildman–Crippen LogP) is -3.08. The zero-order valence-corrected chi connectivity index (χ0v) is 21.2. The van der Waals surface area contributed by atoms with Crippen molar-refractivity contribution in [1.29, 1.82) is 0 Å². The van der Waals surface area contributed by atoms with Gasteiger partial charge in [0.1, 0.15) is 0 Å². The summed E-state index contributed by atoms with van der Waals surface area (Å²) in [5.41, 5.74) is 4.35. The highest BCUT2D eigenvalue weighted by atomic mass is 79.9. The Balaban J connectivity index is 0.00000141. The number of hydrogen-bond donors (Lipinski definition) is 3. The van der Waals surface area contributed by atoms with Crippen LogP contribution in [0.2, 0.25) is 0 Å². The molecule has 0 bridgehead atoms. The van der Waals surface area contributed by atoms with Crippen molar-refractivity contribution < 1.29 is 68.0 Å². The fourth-order valence-electron chi connectivity index (χ4n) is 3.13. The van der Waals surface area contributed by atoms with E-state index in [2.05, 4.69) is 0 Å². The zero-order chi connectivity index (χ0) is 23.1. The molecule has 0 aliphatic heterocycles. The molecule has 7 nitrogen and oxygen atoms in total. The first-order valence-electron chi connectivity index (χ1n) is 9.66. The minimum Gasteiger partial charge on any atom is -1.00 e. The largest absolute Gasteiger partial charge is 1.00 e. The number of hydrogen-bond acceptors (Lipinski definition) is 3. The maximum absolute atomic E-state index is 11.0. The van der Waals surface area contributed by atoms with Crippen molar-refractivity contribution in [2.45, 2.75) is 0 Å². The van der Waals surface area contributed by atoms with E-state index >= 15 is 0 Å². The second-order valence-electron chi connectivity index (χ2n) is 6.69. The van der Waals surface area contributed by atoms with E-state index < -0.39 is 11.9 Å². The van der Waals surface area contributed by atoms with Gasteiger partial charge in [-0.3, -0.25) is 0 Å². The van der Waals surface area contributed by atoms with Gasteiger partial charge in [-0.25, -0.2) is 9.59 Å². The number of carboxylic acid groups (broad SMARTS) is 2. The maximum Gasteiger partial charge on any atom is 0.335 e. The molecule has 0 unspecified atom stereocenters. The summed E-state index contributed by atoms with van der Waals surface area (Å²) in [6.07, 6.45) is 7.71. The molecule has 0 aliphatic carbocycles. The van der Waals surface area contributed by atoms with E-state index in [1.54, 1.807) is 48.5 Å². The van der Waals surface area contributed by atoms with Crippen molar-refractivity contribution in [3.63, 3.8) is 0 Å². The highest BCUT2D eigenvalue weighted by Gasteiger charge is 2.11. The van der Waals surface area contributed by atoms with Gasteiger partial charge >= 0.3 is 11.9 Å². The van der Waals surface area contributed by atoms with Gasteiger partial charge < -0.3 is 49.3 Å². The van der Waals surface area contributed by atoms with Gasteiger partial charge in [0.05, 0.1) is 11.1 Å². The lowest BCUT2D eigenvalue weighted by Crippen LogP contribution is -3.00. The van der Waals surface area contributed by atoms with Crippen LogP contribution in [-0.4, -0.2) is 34.4 Å². The number of halogens is 2. The number of aromatic carboxylic acids is 2. The predicted molar refractivity (Wildman–Crippen MR) is 117 cm³/mol. The van der Waals surface area contributed by atoms with E-state index in [0.29, 0.717) is 0 Å². The molecule has 2 heterocycles. The molecule has 4 aromatic rings. The van der Waals surface area contributed by atoms with Gasteiger partial charge in [-0.1, -0.05) is 0 Å². The molecule has 3 N–H and O–H groups in total. The average molecular weight is 590 g/mol. The second-order valence-corrected chi connectivity index (χ2v) is 6.69. The molecule has 0 fully saturated rings. The first kappa shape index (κ1) is 28.6. The summed E-state index contributed by atoms with van der Waals surface area (Å²) in [7, 11) is 1.00. The lowest BCUT2D eigenvalue weighted by Gasteiger charge is -2.02. The quantitative estimate of drug-likeness (QED) is 0.214. The third-order valence-electron chi connectivity index (χ3n) is 4.82. The van der Waals surface area contributed by atoms with Crippen LogP contribution in [0.25, 0.3) is 22.5 Å². The van der Waals surface area contributed by atoms with Gasteiger partial charge in [0, 0.05) is 55.6 Å². The van der Waals surface area contributed by atoms with Crippen molar-refractivity contribution in [1.82, 2.24) is 0 Å². The van der Waals surface area contributed by atoms with Crippen molar-refractivity contribution >= 4 is 11.9 Å². The first-order chi connectivity index (χ1) is 15.5. The van der Waals surface area contributed by atoms with Crippen molar-refractivity contribution in [2.24, 2.45) is 0 Å². The Bertz CT molecular complexity index is 1110. The standard InChI is InChI=1S/C24H16N2O4.CH4O.2BrH/c27-23(28)19-1-5-21(6-2-19)25-13-9-17(10-14-25)18-11-15-26(16-12-18)22-7-3-20(4-8-22)24(29)30;1-2;;/h1-16H;2H,1H3;2*1H. The lowest BCUT2D eigenvalue weighted by atomic mass is 10.1. The molecule has 2 aromatic heterocycles. The topological polar surface area (TPSA) is 103 Å². The van der Waals surface area contributed by atoms with Gasteiger partial charge in [-0.2, -0.15) is 9.13 Å². The number of aromatic nitrogens is 2. The Kier molecular flexibility index (Phi) is 11.2. The van der Waals surface area contributed by atoms with Gasteiger partial charge in [0.2, 0.25) is 11.4 Å². The number of aliphatic hydroxyl groups is 1. The number of carboxylic acids is 2. The van der Waals surface area contributed by atoms with Crippen LogP contribution in [0.3, 0.4) is 0 Å². The Hall–Kier alpha value is -3.40. The molecule has 34 heavy (non-hydrogen) atoms. The molecule has 0 saturated carbocycles. The Morgan fingerprint density at radius 2 is 0.794 bits per heavy atom. The van der Waals surface area contributed by atoms with Crippen LogP contribution >= 0.6 is 0 Å². The summed E-state index contributed by atoms with van der Waals surface area (Å²) < 4.78 is 3.84. The molecule has 0 atom stereocenters. The van der Waals surface area contributed by atoms with Gasteiger partial charge in [0.25, 0.3) is 0 Å². The van der Waals surface area contributed by atoms with Gasteiger partial charge in [0.15, 0.2) is 24.8 Å². The number of rotatable bonds is 5. The van der Waals surface area contributed by atoms with Crippen molar-refractivity contribution in [3.8, 4) is 22.5 Å². The molecule has 2 aromatic carbocycles. The molecular formula is C25H22Br2N2O5. The number of carbonyl (C=O) groups is 2. The van der Waals surface area contributed by atoms with E-state index in [1.807, 2.05) is 58.2 Å². The zero-order valence-electron chi connectivity index (χ0n) is 18.0. The average Bonchev–Trinajstić information content (AvgIpc) is 2.85. The Morgan fingerprint density at radius 1 is 0.529 bits per heavy atom. The Labute approximate surface area is 217 Å².